The maximum Gasteiger partial charge on any atom is 0.223 e. The summed E-state index contributed by atoms with van der Waals surface area (Å²) >= 11 is 0. The summed E-state index contributed by atoms with van der Waals surface area (Å²) in [6, 6.07) is 7.49. The van der Waals surface area contributed by atoms with Crippen molar-refractivity contribution >= 4 is 5.91 Å². The zero-order valence-electron chi connectivity index (χ0n) is 15.2. The average Bonchev–Trinajstić information content (AvgIpc) is 2.61. The third-order valence-corrected chi connectivity index (χ3v) is 4.93. The van der Waals surface area contributed by atoms with Crippen LogP contribution >= 0.6 is 0 Å². The lowest BCUT2D eigenvalue weighted by atomic mass is 9.94. The van der Waals surface area contributed by atoms with E-state index in [1.165, 1.54) is 0 Å². The van der Waals surface area contributed by atoms with Gasteiger partial charge in [0.1, 0.15) is 5.75 Å². The molecule has 0 aromatic heterocycles. The summed E-state index contributed by atoms with van der Waals surface area (Å²) in [5.74, 6) is 0.850. The molecule has 1 aliphatic rings. The largest absolute Gasteiger partial charge is 0.497 e. The van der Waals surface area contributed by atoms with Crippen LogP contribution in [0.2, 0.25) is 0 Å². The molecule has 5 heteroatoms. The molecule has 0 spiro atoms. The van der Waals surface area contributed by atoms with Crippen molar-refractivity contribution in [3.63, 3.8) is 0 Å². The minimum absolute atomic E-state index is 0.0468. The number of ether oxygens (including phenoxy) is 1. The molecule has 134 valence electrons. The van der Waals surface area contributed by atoms with Gasteiger partial charge in [-0.3, -0.25) is 4.79 Å². The molecule has 1 fully saturated rings. The Morgan fingerprint density at radius 1 is 1.21 bits per heavy atom. The van der Waals surface area contributed by atoms with E-state index in [-0.39, 0.29) is 17.9 Å². The minimum atomic E-state index is -0.726. The van der Waals surface area contributed by atoms with Crippen LogP contribution in [0.3, 0.4) is 0 Å². The average molecular weight is 334 g/mol. The van der Waals surface area contributed by atoms with E-state index in [4.69, 9.17) is 4.74 Å². The number of likely N-dealkylation sites (tertiary alicyclic amines) is 1. The number of benzene rings is 1. The van der Waals surface area contributed by atoms with Gasteiger partial charge in [0.2, 0.25) is 5.91 Å². The number of hydrogen-bond acceptors (Lipinski definition) is 4. The fourth-order valence-electron chi connectivity index (χ4n) is 3.19. The first-order valence-corrected chi connectivity index (χ1v) is 8.78. The third kappa shape index (κ3) is 4.71. The molecule has 1 amide bonds. The number of amides is 1. The lowest BCUT2D eigenvalue weighted by Crippen LogP contribution is -2.46. The van der Waals surface area contributed by atoms with Crippen LogP contribution in [0.25, 0.3) is 0 Å². The molecule has 1 heterocycles. The first-order chi connectivity index (χ1) is 11.4. The Morgan fingerprint density at radius 2 is 1.79 bits per heavy atom. The fourth-order valence-corrected chi connectivity index (χ4v) is 3.19. The van der Waals surface area contributed by atoms with Gasteiger partial charge in [0.25, 0.3) is 0 Å². The Bertz CT molecular complexity index is 522. The first kappa shape index (κ1) is 18.7. The minimum Gasteiger partial charge on any atom is -0.497 e. The van der Waals surface area contributed by atoms with Crippen molar-refractivity contribution < 1.29 is 14.6 Å². The lowest BCUT2D eigenvalue weighted by Gasteiger charge is -2.34. The van der Waals surface area contributed by atoms with E-state index in [0.29, 0.717) is 6.04 Å². The van der Waals surface area contributed by atoms with Gasteiger partial charge in [-0.1, -0.05) is 12.1 Å². The Labute approximate surface area is 145 Å². The van der Waals surface area contributed by atoms with Crippen LogP contribution in [0.4, 0.5) is 0 Å². The predicted molar refractivity (Wildman–Crippen MR) is 95.0 cm³/mol. The van der Waals surface area contributed by atoms with Crippen molar-refractivity contribution in [3.05, 3.63) is 29.8 Å². The van der Waals surface area contributed by atoms with Crippen LogP contribution in [0.1, 0.15) is 45.3 Å². The summed E-state index contributed by atoms with van der Waals surface area (Å²) in [6.45, 7) is 8.15. The second kappa shape index (κ2) is 8.49. The Balaban J connectivity index is 1.86. The molecule has 2 unspecified atom stereocenters. The van der Waals surface area contributed by atoms with E-state index < -0.39 is 6.10 Å². The smallest absolute Gasteiger partial charge is 0.223 e. The van der Waals surface area contributed by atoms with Crippen LogP contribution in [0, 0.1) is 5.92 Å². The number of methoxy groups -OCH3 is 1. The standard InChI is InChI=1S/C19H30N2O3/c1-13(2)21-11-9-16(10-12-21)19(23)20-14(3)18(22)15-5-7-17(24-4)8-6-15/h5-8,13-14,16,18,22H,9-12H2,1-4H3,(H,20,23). The molecule has 1 saturated heterocycles. The SMILES string of the molecule is COc1ccc(C(O)C(C)NC(=O)C2CCN(C(C)C)CC2)cc1. The number of carbonyl (C=O) groups is 1. The molecule has 24 heavy (non-hydrogen) atoms. The molecule has 2 rings (SSSR count). The topological polar surface area (TPSA) is 61.8 Å². The molecule has 1 aromatic carbocycles. The van der Waals surface area contributed by atoms with Crippen molar-refractivity contribution in [3.8, 4) is 5.75 Å². The zero-order chi connectivity index (χ0) is 17.7. The number of piperidine rings is 1. The van der Waals surface area contributed by atoms with Gasteiger partial charge in [-0.2, -0.15) is 0 Å². The van der Waals surface area contributed by atoms with Crippen LogP contribution < -0.4 is 10.1 Å². The summed E-state index contributed by atoms with van der Waals surface area (Å²) in [6.07, 6.45) is 1.04. The number of rotatable bonds is 6. The molecule has 2 atom stereocenters. The highest BCUT2D eigenvalue weighted by molar-refractivity contribution is 5.79. The number of aliphatic hydroxyl groups excluding tert-OH is 1. The Hall–Kier alpha value is -1.59. The molecule has 2 N–H and O–H groups in total. The van der Waals surface area contributed by atoms with Gasteiger partial charge in [0, 0.05) is 12.0 Å². The van der Waals surface area contributed by atoms with E-state index in [1.54, 1.807) is 7.11 Å². The number of nitrogens with one attached hydrogen (secondary N) is 1. The summed E-state index contributed by atoms with van der Waals surface area (Å²) in [5.41, 5.74) is 0.776. The molecular weight excluding hydrogens is 304 g/mol. The molecule has 0 radical (unpaired) electrons. The van der Waals surface area contributed by atoms with Gasteiger partial charge in [-0.15, -0.1) is 0 Å². The third-order valence-electron chi connectivity index (χ3n) is 4.93. The maximum absolute atomic E-state index is 12.5. The van der Waals surface area contributed by atoms with Crippen LogP contribution in [-0.4, -0.2) is 48.2 Å². The molecule has 5 nitrogen and oxygen atoms in total. The summed E-state index contributed by atoms with van der Waals surface area (Å²) < 4.78 is 5.12. The predicted octanol–water partition coefficient (Wildman–Crippen LogP) is 2.35. The van der Waals surface area contributed by atoms with Gasteiger partial charge >= 0.3 is 0 Å². The molecule has 1 aliphatic heterocycles. The first-order valence-electron chi connectivity index (χ1n) is 8.78. The van der Waals surface area contributed by atoms with Crippen LogP contribution in [0.15, 0.2) is 24.3 Å². The molecule has 1 aromatic rings. The molecule has 0 saturated carbocycles. The van der Waals surface area contributed by atoms with E-state index in [1.807, 2.05) is 31.2 Å². The highest BCUT2D eigenvalue weighted by Gasteiger charge is 2.28. The molecular formula is C19H30N2O3. The van der Waals surface area contributed by atoms with E-state index >= 15 is 0 Å². The molecule has 0 bridgehead atoms. The van der Waals surface area contributed by atoms with Crippen molar-refractivity contribution in [2.75, 3.05) is 20.2 Å². The monoisotopic (exact) mass is 334 g/mol. The number of carbonyl (C=O) groups excluding carboxylic acids is 1. The van der Waals surface area contributed by atoms with Crippen molar-refractivity contribution in [2.24, 2.45) is 5.92 Å². The highest BCUT2D eigenvalue weighted by atomic mass is 16.5. The summed E-state index contributed by atoms with van der Waals surface area (Å²) in [5, 5.41) is 13.4. The maximum atomic E-state index is 12.5. The second-order valence-electron chi connectivity index (χ2n) is 6.92. The number of hydrogen-bond donors (Lipinski definition) is 2. The Morgan fingerprint density at radius 3 is 2.29 bits per heavy atom. The lowest BCUT2D eigenvalue weighted by molar-refractivity contribution is -0.128. The van der Waals surface area contributed by atoms with E-state index in [2.05, 4.69) is 24.1 Å². The Kier molecular flexibility index (Phi) is 6.63. The fraction of sp³-hybridized carbons (Fsp3) is 0.632. The van der Waals surface area contributed by atoms with Gasteiger partial charge in [0.05, 0.1) is 19.3 Å². The summed E-state index contributed by atoms with van der Waals surface area (Å²) in [7, 11) is 1.61. The number of aliphatic hydroxyl groups is 1. The van der Waals surface area contributed by atoms with Crippen LogP contribution in [0.5, 0.6) is 5.75 Å². The van der Waals surface area contributed by atoms with E-state index in [0.717, 1.165) is 37.2 Å². The van der Waals surface area contributed by atoms with Gasteiger partial charge in [-0.25, -0.2) is 0 Å². The van der Waals surface area contributed by atoms with E-state index in [9.17, 15) is 9.90 Å². The quantitative estimate of drug-likeness (QED) is 0.838. The zero-order valence-corrected chi connectivity index (χ0v) is 15.2. The number of nitrogens with zero attached hydrogens (tertiary/aromatic N) is 1. The van der Waals surface area contributed by atoms with Gasteiger partial charge in [0.15, 0.2) is 0 Å². The molecule has 0 aliphatic carbocycles. The van der Waals surface area contributed by atoms with Crippen molar-refractivity contribution in [1.29, 1.82) is 0 Å². The normalized spacial score (nSPS) is 19.1. The van der Waals surface area contributed by atoms with Crippen LogP contribution in [-0.2, 0) is 4.79 Å². The second-order valence-corrected chi connectivity index (χ2v) is 6.92. The van der Waals surface area contributed by atoms with Gasteiger partial charge < -0.3 is 20.1 Å². The summed E-state index contributed by atoms with van der Waals surface area (Å²) in [4.78, 5) is 14.9. The highest BCUT2D eigenvalue weighted by Crippen LogP contribution is 2.22. The van der Waals surface area contributed by atoms with Gasteiger partial charge in [-0.05, 0) is 64.4 Å². The van der Waals surface area contributed by atoms with Crippen molar-refractivity contribution in [2.45, 2.75) is 51.8 Å². The van der Waals surface area contributed by atoms with Crippen molar-refractivity contribution in [1.82, 2.24) is 10.2 Å².